The van der Waals surface area contributed by atoms with Crippen LogP contribution in [0.3, 0.4) is 0 Å². The van der Waals surface area contributed by atoms with Crippen LogP contribution in [0.5, 0.6) is 0 Å². The van der Waals surface area contributed by atoms with Gasteiger partial charge in [-0.25, -0.2) is 4.68 Å². The lowest BCUT2D eigenvalue weighted by Gasteiger charge is -2.46. The molecule has 2 aliphatic heterocycles. The highest BCUT2D eigenvalue weighted by Crippen LogP contribution is 2.43. The summed E-state index contributed by atoms with van der Waals surface area (Å²) >= 11 is 0. The smallest absolute Gasteiger partial charge is 0.338 e. The Morgan fingerprint density at radius 1 is 1.16 bits per heavy atom. The molecule has 1 saturated carbocycles. The van der Waals surface area contributed by atoms with Crippen molar-refractivity contribution in [2.45, 2.75) is 50.7 Å². The lowest BCUT2D eigenvalue weighted by atomic mass is 9.82. The molecule has 0 unspecified atom stereocenters. The maximum atomic E-state index is 13.1. The third kappa shape index (κ3) is 3.67. The van der Waals surface area contributed by atoms with Crippen LogP contribution >= 0.6 is 0 Å². The van der Waals surface area contributed by atoms with E-state index in [1.807, 2.05) is 22.6 Å². The van der Waals surface area contributed by atoms with Crippen LogP contribution in [0.4, 0.5) is 19.0 Å². The summed E-state index contributed by atoms with van der Waals surface area (Å²) in [6.07, 6.45) is -0.602. The molecule has 3 heterocycles. The number of hydrogen-bond donors (Lipinski definition) is 0. The number of fused-ring (bicyclic) bond motifs is 2. The molecule has 2 aromatic rings. The molecule has 2 amide bonds. The van der Waals surface area contributed by atoms with Crippen LogP contribution in [0, 0.1) is 12.8 Å². The van der Waals surface area contributed by atoms with Crippen LogP contribution in [0.2, 0.25) is 0 Å². The van der Waals surface area contributed by atoms with Crippen molar-refractivity contribution in [1.82, 2.24) is 14.7 Å². The van der Waals surface area contributed by atoms with Gasteiger partial charge in [0.15, 0.2) is 0 Å². The van der Waals surface area contributed by atoms with E-state index in [2.05, 4.69) is 0 Å². The van der Waals surface area contributed by atoms with Crippen molar-refractivity contribution >= 4 is 17.6 Å². The number of amides is 2. The van der Waals surface area contributed by atoms with Gasteiger partial charge in [-0.3, -0.25) is 14.5 Å². The predicted molar refractivity (Wildman–Crippen MR) is 111 cm³/mol. The Hall–Kier alpha value is -2.84. The highest BCUT2D eigenvalue weighted by molar-refractivity contribution is 5.95. The average Bonchev–Trinajstić information content (AvgIpc) is 3.49. The molecule has 5 rings (SSSR count). The molecule has 3 aliphatic rings. The van der Waals surface area contributed by atoms with Gasteiger partial charge < -0.3 is 4.90 Å². The Labute approximate surface area is 184 Å². The lowest BCUT2D eigenvalue weighted by molar-refractivity contribution is -0.137. The van der Waals surface area contributed by atoms with Crippen molar-refractivity contribution < 1.29 is 22.8 Å². The summed E-state index contributed by atoms with van der Waals surface area (Å²) in [5.41, 5.74) is -0.139. The maximum absolute atomic E-state index is 13.1. The third-order valence-corrected chi connectivity index (χ3v) is 6.90. The molecule has 0 atom stereocenters. The summed E-state index contributed by atoms with van der Waals surface area (Å²) in [6.45, 7) is 3.50. The average molecular weight is 446 g/mol. The maximum Gasteiger partial charge on any atom is 0.416 e. The number of carbonyl (C=O) groups is 2. The molecule has 0 bridgehead atoms. The van der Waals surface area contributed by atoms with Crippen molar-refractivity contribution in [3.8, 4) is 0 Å². The van der Waals surface area contributed by atoms with Crippen molar-refractivity contribution in [2.75, 3.05) is 24.5 Å². The Kier molecular flexibility index (Phi) is 4.83. The number of likely N-dealkylation sites (tertiary alicyclic amines) is 1. The summed E-state index contributed by atoms with van der Waals surface area (Å²) < 4.78 is 40.4. The zero-order valence-corrected chi connectivity index (χ0v) is 17.9. The van der Waals surface area contributed by atoms with Gasteiger partial charge in [-0.15, -0.1) is 0 Å². The number of hydrogen-bond acceptors (Lipinski definition) is 3. The fourth-order valence-electron chi connectivity index (χ4n) is 4.86. The number of rotatable bonds is 3. The van der Waals surface area contributed by atoms with Crippen molar-refractivity contribution in [2.24, 2.45) is 5.92 Å². The summed E-state index contributed by atoms with van der Waals surface area (Å²) in [4.78, 5) is 29.5. The highest BCUT2D eigenvalue weighted by atomic mass is 19.4. The number of aromatic nitrogens is 2. The van der Waals surface area contributed by atoms with Crippen LogP contribution in [-0.4, -0.2) is 46.1 Å². The zero-order valence-electron chi connectivity index (χ0n) is 17.9. The fraction of sp³-hybridized carbons (Fsp3) is 0.522. The van der Waals surface area contributed by atoms with Crippen molar-refractivity contribution in [3.63, 3.8) is 0 Å². The normalized spacial score (nSPS) is 20.6. The van der Waals surface area contributed by atoms with Gasteiger partial charge in [-0.2, -0.15) is 18.3 Å². The second-order valence-electron chi connectivity index (χ2n) is 9.27. The largest absolute Gasteiger partial charge is 0.416 e. The molecular formula is C23H25F3N4O2. The second-order valence-corrected chi connectivity index (χ2v) is 9.27. The fourth-order valence-corrected chi connectivity index (χ4v) is 4.86. The van der Waals surface area contributed by atoms with E-state index in [4.69, 9.17) is 5.10 Å². The monoisotopic (exact) mass is 446 g/mol. The molecule has 170 valence electrons. The minimum atomic E-state index is -4.43. The predicted octanol–water partition coefficient (Wildman–Crippen LogP) is 3.99. The van der Waals surface area contributed by atoms with Crippen LogP contribution in [0.15, 0.2) is 30.3 Å². The molecular weight excluding hydrogens is 421 g/mol. The van der Waals surface area contributed by atoms with E-state index in [9.17, 15) is 22.8 Å². The molecule has 1 aromatic carbocycles. The number of nitrogens with zero attached hydrogens (tertiary/aromatic N) is 4. The van der Waals surface area contributed by atoms with E-state index < -0.39 is 17.3 Å². The number of anilines is 1. The van der Waals surface area contributed by atoms with Crippen molar-refractivity contribution in [1.29, 1.82) is 0 Å². The van der Waals surface area contributed by atoms with Crippen LogP contribution < -0.4 is 4.90 Å². The topological polar surface area (TPSA) is 58.4 Å². The van der Waals surface area contributed by atoms with E-state index in [1.54, 1.807) is 4.90 Å². The molecule has 9 heteroatoms. The van der Waals surface area contributed by atoms with E-state index >= 15 is 0 Å². The van der Waals surface area contributed by atoms with Gasteiger partial charge in [-0.1, -0.05) is 0 Å². The van der Waals surface area contributed by atoms with Crippen LogP contribution in [0.1, 0.15) is 53.7 Å². The van der Waals surface area contributed by atoms with E-state index in [0.717, 1.165) is 43.0 Å². The number of aryl methyl sites for hydroxylation is 1. The van der Waals surface area contributed by atoms with Gasteiger partial charge in [0.1, 0.15) is 5.82 Å². The molecule has 32 heavy (non-hydrogen) atoms. The van der Waals surface area contributed by atoms with Gasteiger partial charge >= 0.3 is 6.18 Å². The van der Waals surface area contributed by atoms with Gasteiger partial charge in [0.2, 0.25) is 5.91 Å². The minimum absolute atomic E-state index is 0.104. The highest BCUT2D eigenvalue weighted by Gasteiger charge is 2.47. The Morgan fingerprint density at radius 3 is 2.41 bits per heavy atom. The zero-order chi connectivity index (χ0) is 22.7. The summed E-state index contributed by atoms with van der Waals surface area (Å²) in [5, 5.41) is 4.71. The quantitative estimate of drug-likeness (QED) is 0.717. The van der Waals surface area contributed by atoms with Gasteiger partial charge in [0, 0.05) is 31.3 Å². The lowest BCUT2D eigenvalue weighted by Crippen LogP contribution is -2.55. The summed E-state index contributed by atoms with van der Waals surface area (Å²) in [7, 11) is 0. The standard InChI is InChI=1S/C23H25F3N4O2/c1-15-12-19-29(14-16-2-3-16)20(31)13-22(30(19)27-15)8-10-28(11-9-22)21(32)17-4-6-18(7-5-17)23(24,25)26/h4-7,12,16H,2-3,8-11,13-14H2,1H3. The first-order valence-corrected chi connectivity index (χ1v) is 11.0. The number of carbonyl (C=O) groups excluding carboxylic acids is 2. The van der Waals surface area contributed by atoms with Crippen LogP contribution in [0.25, 0.3) is 0 Å². The van der Waals surface area contributed by atoms with Gasteiger partial charge in [-0.05, 0) is 62.8 Å². The van der Waals surface area contributed by atoms with Crippen molar-refractivity contribution in [3.05, 3.63) is 47.2 Å². The van der Waals surface area contributed by atoms with Gasteiger partial charge in [0.25, 0.3) is 5.91 Å². The van der Waals surface area contributed by atoms with Crippen LogP contribution in [-0.2, 0) is 16.5 Å². The number of alkyl halides is 3. The molecule has 1 spiro atoms. The summed E-state index contributed by atoms with van der Waals surface area (Å²) in [6, 6.07) is 6.28. The number of piperidine rings is 1. The first-order chi connectivity index (χ1) is 15.2. The Bertz CT molecular complexity index is 1050. The molecule has 1 aromatic heterocycles. The SMILES string of the molecule is Cc1cc2n(n1)C1(CCN(C(=O)c3ccc(C(F)(F)F)cc3)CC1)CC(=O)N2CC1CC1. The minimum Gasteiger partial charge on any atom is -0.338 e. The van der Waals surface area contributed by atoms with E-state index in [0.29, 0.717) is 38.3 Å². The molecule has 6 nitrogen and oxygen atoms in total. The Morgan fingerprint density at radius 2 is 1.81 bits per heavy atom. The second kappa shape index (κ2) is 7.35. The third-order valence-electron chi connectivity index (χ3n) is 6.90. The molecule has 1 saturated heterocycles. The van der Waals surface area contributed by atoms with Gasteiger partial charge in [0.05, 0.1) is 23.2 Å². The van der Waals surface area contributed by atoms with E-state index in [-0.39, 0.29) is 17.4 Å². The molecule has 0 radical (unpaired) electrons. The summed E-state index contributed by atoms with van der Waals surface area (Å²) in [5.74, 6) is 1.22. The number of benzene rings is 1. The first kappa shape index (κ1) is 21.0. The number of halogens is 3. The molecule has 1 aliphatic carbocycles. The molecule has 2 fully saturated rings. The van der Waals surface area contributed by atoms with E-state index in [1.165, 1.54) is 12.1 Å². The first-order valence-electron chi connectivity index (χ1n) is 11.0. The Balaban J connectivity index is 1.33. The molecule has 0 N–H and O–H groups in total.